The van der Waals surface area contributed by atoms with Gasteiger partial charge in [0.25, 0.3) is 0 Å². The van der Waals surface area contributed by atoms with E-state index in [4.69, 9.17) is 4.42 Å². The highest BCUT2D eigenvalue weighted by molar-refractivity contribution is 5.68. The molecule has 3 aromatic heterocycles. The standard InChI is InChI=1S/C24H17F2N3O3/c25-17-8-2-1-5-14(17)11-18-23-28-19(12-15-6-4-10-32-15)24(31)29(23)20(13-27-18)16-7-3-9-21(30)22(16)26/h1-10,13,30-31H,11-12H2. The molecule has 0 aliphatic carbocycles. The molecule has 2 N–H and O–H groups in total. The van der Waals surface area contributed by atoms with E-state index in [1.165, 1.54) is 41.1 Å². The van der Waals surface area contributed by atoms with Crippen LogP contribution in [-0.4, -0.2) is 24.6 Å². The van der Waals surface area contributed by atoms with Crippen molar-refractivity contribution in [1.82, 2.24) is 14.4 Å². The van der Waals surface area contributed by atoms with Crippen LogP contribution in [0, 0.1) is 11.6 Å². The molecule has 0 bridgehead atoms. The van der Waals surface area contributed by atoms with Crippen molar-refractivity contribution < 1.29 is 23.4 Å². The summed E-state index contributed by atoms with van der Waals surface area (Å²) in [7, 11) is 0. The van der Waals surface area contributed by atoms with Crippen molar-refractivity contribution in [2.45, 2.75) is 12.8 Å². The number of benzene rings is 2. The number of hydrogen-bond donors (Lipinski definition) is 2. The van der Waals surface area contributed by atoms with E-state index in [1.807, 2.05) is 0 Å². The van der Waals surface area contributed by atoms with Crippen LogP contribution in [0.5, 0.6) is 11.6 Å². The number of phenolic OH excluding ortho intramolecular Hbond substituents is 1. The van der Waals surface area contributed by atoms with Gasteiger partial charge in [0.15, 0.2) is 17.2 Å². The van der Waals surface area contributed by atoms with Crippen LogP contribution in [0.2, 0.25) is 0 Å². The minimum absolute atomic E-state index is 0.0391. The number of halogens is 2. The summed E-state index contributed by atoms with van der Waals surface area (Å²) >= 11 is 0. The molecule has 0 unspecified atom stereocenters. The molecule has 0 aliphatic rings. The Morgan fingerprint density at radius 1 is 0.906 bits per heavy atom. The van der Waals surface area contributed by atoms with Gasteiger partial charge in [0.1, 0.15) is 17.3 Å². The number of hydrogen-bond acceptors (Lipinski definition) is 5. The minimum Gasteiger partial charge on any atom is -0.505 e. The molecule has 0 aliphatic heterocycles. The fourth-order valence-electron chi connectivity index (χ4n) is 3.68. The summed E-state index contributed by atoms with van der Waals surface area (Å²) in [5.74, 6) is -1.40. The van der Waals surface area contributed by atoms with E-state index in [9.17, 15) is 19.0 Å². The number of aromatic nitrogens is 3. The van der Waals surface area contributed by atoms with Crippen molar-refractivity contribution >= 4 is 5.65 Å². The lowest BCUT2D eigenvalue weighted by molar-refractivity contribution is 0.431. The summed E-state index contributed by atoms with van der Waals surface area (Å²) in [6.45, 7) is 0. The molecule has 32 heavy (non-hydrogen) atoms. The Morgan fingerprint density at radius 2 is 1.75 bits per heavy atom. The normalized spacial score (nSPS) is 11.3. The van der Waals surface area contributed by atoms with E-state index in [2.05, 4.69) is 9.97 Å². The van der Waals surface area contributed by atoms with E-state index < -0.39 is 11.6 Å². The summed E-state index contributed by atoms with van der Waals surface area (Å²) in [6, 6.07) is 14.0. The van der Waals surface area contributed by atoms with Gasteiger partial charge in [-0.3, -0.25) is 9.38 Å². The molecule has 0 saturated carbocycles. The Bertz CT molecular complexity index is 1430. The fourth-order valence-corrected chi connectivity index (χ4v) is 3.68. The quantitative estimate of drug-likeness (QED) is 0.414. The van der Waals surface area contributed by atoms with Gasteiger partial charge >= 0.3 is 0 Å². The molecular weight excluding hydrogens is 416 g/mol. The largest absolute Gasteiger partial charge is 0.505 e. The van der Waals surface area contributed by atoms with Crippen LogP contribution < -0.4 is 0 Å². The molecule has 0 amide bonds. The van der Waals surface area contributed by atoms with Gasteiger partial charge < -0.3 is 14.6 Å². The van der Waals surface area contributed by atoms with Crippen LogP contribution in [0.15, 0.2) is 71.5 Å². The first kappa shape index (κ1) is 19.7. The number of phenols is 1. The zero-order valence-corrected chi connectivity index (χ0v) is 16.7. The smallest absolute Gasteiger partial charge is 0.220 e. The zero-order chi connectivity index (χ0) is 22.2. The van der Waals surface area contributed by atoms with E-state index in [0.717, 1.165) is 0 Å². The molecule has 0 spiro atoms. The van der Waals surface area contributed by atoms with E-state index in [0.29, 0.717) is 22.7 Å². The molecular formula is C24H17F2N3O3. The van der Waals surface area contributed by atoms with Crippen molar-refractivity contribution in [3.05, 3.63) is 101 Å². The lowest BCUT2D eigenvalue weighted by Crippen LogP contribution is -2.03. The first-order valence-corrected chi connectivity index (χ1v) is 9.84. The third kappa shape index (κ3) is 3.35. The fraction of sp³-hybridized carbons (Fsp3) is 0.0833. The number of fused-ring (bicyclic) bond motifs is 1. The Balaban J connectivity index is 1.72. The van der Waals surface area contributed by atoms with E-state index in [-0.39, 0.29) is 41.4 Å². The molecule has 2 aromatic carbocycles. The van der Waals surface area contributed by atoms with Crippen LogP contribution >= 0.6 is 0 Å². The van der Waals surface area contributed by atoms with Crippen molar-refractivity contribution in [3.8, 4) is 22.9 Å². The van der Waals surface area contributed by atoms with Gasteiger partial charge in [-0.05, 0) is 35.9 Å². The van der Waals surface area contributed by atoms with Gasteiger partial charge in [-0.15, -0.1) is 0 Å². The molecule has 0 atom stereocenters. The van der Waals surface area contributed by atoms with Crippen LogP contribution in [0.1, 0.15) is 22.7 Å². The first-order chi connectivity index (χ1) is 15.5. The third-order valence-corrected chi connectivity index (χ3v) is 5.26. The average molecular weight is 433 g/mol. The molecule has 0 radical (unpaired) electrons. The van der Waals surface area contributed by atoms with Gasteiger partial charge in [-0.25, -0.2) is 13.8 Å². The highest BCUT2D eigenvalue weighted by Gasteiger charge is 2.22. The zero-order valence-electron chi connectivity index (χ0n) is 16.7. The molecule has 0 saturated heterocycles. The molecule has 0 fully saturated rings. The van der Waals surface area contributed by atoms with Gasteiger partial charge in [-0.2, -0.15) is 0 Å². The molecule has 5 aromatic rings. The van der Waals surface area contributed by atoms with Crippen LogP contribution in [0.4, 0.5) is 8.78 Å². The number of aromatic hydroxyl groups is 2. The van der Waals surface area contributed by atoms with Crippen LogP contribution in [-0.2, 0) is 12.8 Å². The maximum atomic E-state index is 14.7. The second kappa shape index (κ2) is 7.81. The topological polar surface area (TPSA) is 83.8 Å². The predicted molar refractivity (Wildman–Crippen MR) is 112 cm³/mol. The molecule has 160 valence electrons. The van der Waals surface area contributed by atoms with Gasteiger partial charge in [-0.1, -0.05) is 24.3 Å². The van der Waals surface area contributed by atoms with Crippen molar-refractivity contribution in [3.63, 3.8) is 0 Å². The first-order valence-electron chi connectivity index (χ1n) is 9.84. The number of furan rings is 1. The third-order valence-electron chi connectivity index (χ3n) is 5.26. The van der Waals surface area contributed by atoms with Crippen LogP contribution in [0.3, 0.4) is 0 Å². The Hall–Kier alpha value is -4.20. The Labute approximate surface area is 181 Å². The highest BCUT2D eigenvalue weighted by atomic mass is 19.1. The van der Waals surface area contributed by atoms with Crippen LogP contribution in [0.25, 0.3) is 16.9 Å². The minimum atomic E-state index is -0.849. The number of nitrogens with zero attached hydrogens (tertiary/aromatic N) is 3. The lowest BCUT2D eigenvalue weighted by atomic mass is 10.1. The molecule has 6 nitrogen and oxygen atoms in total. The van der Waals surface area contributed by atoms with Crippen molar-refractivity contribution in [1.29, 1.82) is 0 Å². The Morgan fingerprint density at radius 3 is 2.53 bits per heavy atom. The summed E-state index contributed by atoms with van der Waals surface area (Å²) in [5, 5.41) is 20.8. The van der Waals surface area contributed by atoms with Gasteiger partial charge in [0.2, 0.25) is 5.88 Å². The molecule has 5 rings (SSSR count). The summed E-state index contributed by atoms with van der Waals surface area (Å²) in [5.41, 5.74) is 1.60. The second-order valence-corrected chi connectivity index (χ2v) is 7.29. The van der Waals surface area contributed by atoms with Gasteiger partial charge in [0.05, 0.1) is 30.3 Å². The summed E-state index contributed by atoms with van der Waals surface area (Å²) in [4.78, 5) is 8.94. The van der Waals surface area contributed by atoms with Crippen molar-refractivity contribution in [2.75, 3.05) is 0 Å². The predicted octanol–water partition coefficient (Wildman–Crippen LogP) is 4.86. The Kier molecular flexibility index (Phi) is 4.82. The molecule has 3 heterocycles. The van der Waals surface area contributed by atoms with Crippen molar-refractivity contribution in [2.24, 2.45) is 0 Å². The second-order valence-electron chi connectivity index (χ2n) is 7.29. The monoisotopic (exact) mass is 433 g/mol. The van der Waals surface area contributed by atoms with Gasteiger partial charge in [0, 0.05) is 12.0 Å². The van der Waals surface area contributed by atoms with E-state index in [1.54, 1.807) is 30.3 Å². The summed E-state index contributed by atoms with van der Waals surface area (Å²) in [6.07, 6.45) is 3.21. The molecule has 8 heteroatoms. The lowest BCUT2D eigenvalue weighted by Gasteiger charge is -2.11. The highest BCUT2D eigenvalue weighted by Crippen LogP contribution is 2.34. The average Bonchev–Trinajstić information content (AvgIpc) is 3.41. The number of rotatable bonds is 5. The maximum absolute atomic E-state index is 14.7. The SMILES string of the molecule is Oc1cccc(-c2cnc(Cc3ccccc3F)c3nc(Cc4ccco4)c(O)n23)c1F. The maximum Gasteiger partial charge on any atom is 0.220 e. The number of imidazole rings is 1. The summed E-state index contributed by atoms with van der Waals surface area (Å²) < 4.78 is 35.7. The van der Waals surface area contributed by atoms with E-state index >= 15 is 0 Å².